The number of carbonyl (C=O) groups is 1. The van der Waals surface area contributed by atoms with Crippen molar-refractivity contribution in [1.82, 2.24) is 0 Å². The van der Waals surface area contributed by atoms with Crippen molar-refractivity contribution >= 4 is 5.97 Å². The fraction of sp³-hybridized carbons (Fsp3) is 0.292. The predicted octanol–water partition coefficient (Wildman–Crippen LogP) is 5.99. The molecule has 180 valence electrons. The second-order valence-corrected chi connectivity index (χ2v) is 6.65. The molecule has 3 nitrogen and oxygen atoms in total. The molecule has 0 saturated heterocycles. The minimum Gasteiger partial charge on any atom is -0.463 e. The summed E-state index contributed by atoms with van der Waals surface area (Å²) in [5.74, 6) is -0.972. The quantitative estimate of drug-likeness (QED) is 0.232. The normalized spacial score (nSPS) is 12.6. The van der Waals surface area contributed by atoms with E-state index in [4.69, 9.17) is 5.11 Å². The third-order valence-corrected chi connectivity index (χ3v) is 4.12. The molecular formula is C24H24F6O3. The SMILES string of the molecule is CCOC(=O)/C=C(\Cc1ccccc1)C(F)(F)F.OC/C=C(\Cc1ccccc1)C(F)(F)F. The van der Waals surface area contributed by atoms with Crippen LogP contribution in [0.1, 0.15) is 18.1 Å². The molecule has 0 unspecified atom stereocenters. The van der Waals surface area contributed by atoms with Gasteiger partial charge >= 0.3 is 18.3 Å². The van der Waals surface area contributed by atoms with E-state index in [1.54, 1.807) is 60.7 Å². The maximum Gasteiger partial charge on any atom is 0.413 e. The van der Waals surface area contributed by atoms with Crippen molar-refractivity contribution in [2.75, 3.05) is 13.2 Å². The number of halogens is 6. The van der Waals surface area contributed by atoms with Crippen molar-refractivity contribution in [3.8, 4) is 0 Å². The molecule has 0 fully saturated rings. The van der Waals surface area contributed by atoms with E-state index in [1.807, 2.05) is 0 Å². The summed E-state index contributed by atoms with van der Waals surface area (Å²) in [6.07, 6.45) is -8.15. The molecule has 0 aliphatic rings. The molecule has 33 heavy (non-hydrogen) atoms. The summed E-state index contributed by atoms with van der Waals surface area (Å²) < 4.78 is 79.9. The lowest BCUT2D eigenvalue weighted by atomic mass is 10.0. The van der Waals surface area contributed by atoms with E-state index < -0.39 is 36.1 Å². The van der Waals surface area contributed by atoms with Gasteiger partial charge in [0, 0.05) is 30.1 Å². The molecule has 0 spiro atoms. The Morgan fingerprint density at radius 1 is 0.818 bits per heavy atom. The van der Waals surface area contributed by atoms with E-state index in [2.05, 4.69) is 4.74 Å². The zero-order chi connectivity index (χ0) is 24.9. The second kappa shape index (κ2) is 13.5. The van der Waals surface area contributed by atoms with E-state index >= 15 is 0 Å². The van der Waals surface area contributed by atoms with E-state index in [9.17, 15) is 31.1 Å². The van der Waals surface area contributed by atoms with Crippen molar-refractivity contribution in [3.05, 3.63) is 95.1 Å². The van der Waals surface area contributed by atoms with Gasteiger partial charge in [-0.1, -0.05) is 66.7 Å². The highest BCUT2D eigenvalue weighted by molar-refractivity contribution is 5.83. The lowest BCUT2D eigenvalue weighted by molar-refractivity contribution is -0.138. The lowest BCUT2D eigenvalue weighted by Gasteiger charge is -2.11. The van der Waals surface area contributed by atoms with Gasteiger partial charge in [-0.15, -0.1) is 0 Å². The van der Waals surface area contributed by atoms with Gasteiger partial charge < -0.3 is 9.84 Å². The number of aliphatic hydroxyl groups is 1. The Labute approximate surface area is 188 Å². The monoisotopic (exact) mass is 474 g/mol. The maximum absolute atomic E-state index is 12.7. The third-order valence-electron chi connectivity index (χ3n) is 4.12. The number of aliphatic hydroxyl groups excluding tert-OH is 1. The Kier molecular flexibility index (Phi) is 11.4. The Morgan fingerprint density at radius 3 is 1.61 bits per heavy atom. The Hall–Kier alpha value is -3.07. The predicted molar refractivity (Wildman–Crippen MR) is 112 cm³/mol. The maximum atomic E-state index is 12.7. The molecule has 9 heteroatoms. The first-order chi connectivity index (χ1) is 15.5. The molecule has 1 N–H and O–H groups in total. The number of hydrogen-bond acceptors (Lipinski definition) is 3. The largest absolute Gasteiger partial charge is 0.463 e. The van der Waals surface area contributed by atoms with Crippen molar-refractivity contribution in [1.29, 1.82) is 0 Å². The topological polar surface area (TPSA) is 46.5 Å². The average molecular weight is 474 g/mol. The van der Waals surface area contributed by atoms with Crippen molar-refractivity contribution in [3.63, 3.8) is 0 Å². The van der Waals surface area contributed by atoms with Crippen molar-refractivity contribution < 1.29 is 41.0 Å². The summed E-state index contributed by atoms with van der Waals surface area (Å²) >= 11 is 0. The van der Waals surface area contributed by atoms with Crippen LogP contribution >= 0.6 is 0 Å². The first-order valence-corrected chi connectivity index (χ1v) is 9.86. The summed E-state index contributed by atoms with van der Waals surface area (Å²) in [5, 5.41) is 8.50. The first-order valence-electron chi connectivity index (χ1n) is 9.86. The van der Waals surface area contributed by atoms with Crippen LogP contribution in [0.25, 0.3) is 0 Å². The first kappa shape index (κ1) is 28.0. The fourth-order valence-corrected chi connectivity index (χ4v) is 2.59. The summed E-state index contributed by atoms with van der Waals surface area (Å²) in [6, 6.07) is 16.5. The number of alkyl halides is 6. The molecule has 0 bridgehead atoms. The Balaban J connectivity index is 0.000000335. The summed E-state index contributed by atoms with van der Waals surface area (Å²) in [4.78, 5) is 11.1. The molecule has 0 saturated carbocycles. The lowest BCUT2D eigenvalue weighted by Crippen LogP contribution is -2.16. The van der Waals surface area contributed by atoms with Crippen LogP contribution in [0.4, 0.5) is 26.3 Å². The van der Waals surface area contributed by atoms with Crippen molar-refractivity contribution in [2.45, 2.75) is 32.1 Å². The van der Waals surface area contributed by atoms with Crippen LogP contribution in [0, 0.1) is 0 Å². The van der Waals surface area contributed by atoms with Crippen LogP contribution in [0.2, 0.25) is 0 Å². The Morgan fingerprint density at radius 2 is 1.24 bits per heavy atom. The molecule has 0 amide bonds. The molecule has 0 aliphatic carbocycles. The minimum absolute atomic E-state index is 0.0474. The van der Waals surface area contributed by atoms with Gasteiger partial charge in [0.15, 0.2) is 0 Å². The van der Waals surface area contributed by atoms with E-state index in [0.717, 1.165) is 6.08 Å². The van der Waals surface area contributed by atoms with Gasteiger partial charge in [0.25, 0.3) is 0 Å². The highest BCUT2D eigenvalue weighted by atomic mass is 19.4. The number of carbonyl (C=O) groups excluding carboxylic acids is 1. The number of allylic oxidation sites excluding steroid dienone is 2. The molecule has 0 radical (unpaired) electrons. The van der Waals surface area contributed by atoms with Gasteiger partial charge in [0.1, 0.15) is 0 Å². The molecule has 2 aromatic rings. The zero-order valence-corrected chi connectivity index (χ0v) is 17.8. The van der Waals surface area contributed by atoms with E-state index in [0.29, 0.717) is 17.2 Å². The molecule has 0 heterocycles. The zero-order valence-electron chi connectivity index (χ0n) is 17.8. The molecule has 2 aromatic carbocycles. The molecule has 2 rings (SSSR count). The fourth-order valence-electron chi connectivity index (χ4n) is 2.59. The van der Waals surface area contributed by atoms with E-state index in [-0.39, 0.29) is 19.4 Å². The molecule has 0 aliphatic heterocycles. The van der Waals surface area contributed by atoms with Gasteiger partial charge in [-0.25, -0.2) is 4.79 Å². The summed E-state index contributed by atoms with van der Waals surface area (Å²) in [5.41, 5.74) is -0.553. The number of benzene rings is 2. The van der Waals surface area contributed by atoms with Crippen LogP contribution in [0.5, 0.6) is 0 Å². The van der Waals surface area contributed by atoms with Gasteiger partial charge in [-0.3, -0.25) is 0 Å². The minimum atomic E-state index is -4.54. The number of hydrogen-bond donors (Lipinski definition) is 1. The number of esters is 1. The Bertz CT molecular complexity index is 901. The van der Waals surface area contributed by atoms with Gasteiger partial charge in [0.2, 0.25) is 0 Å². The third kappa shape index (κ3) is 11.4. The second-order valence-electron chi connectivity index (χ2n) is 6.65. The highest BCUT2D eigenvalue weighted by Gasteiger charge is 2.34. The van der Waals surface area contributed by atoms with Crippen LogP contribution in [0.3, 0.4) is 0 Å². The van der Waals surface area contributed by atoms with E-state index in [1.165, 1.54) is 6.92 Å². The number of rotatable bonds is 7. The van der Waals surface area contributed by atoms with Crippen LogP contribution in [-0.2, 0) is 22.4 Å². The van der Waals surface area contributed by atoms with Crippen LogP contribution < -0.4 is 0 Å². The van der Waals surface area contributed by atoms with Gasteiger partial charge in [0.05, 0.1) is 13.2 Å². The van der Waals surface area contributed by atoms with Crippen LogP contribution in [-0.4, -0.2) is 36.6 Å². The van der Waals surface area contributed by atoms with Gasteiger partial charge in [-0.05, 0) is 18.1 Å². The molecule has 0 atom stereocenters. The summed E-state index contributed by atoms with van der Waals surface area (Å²) in [7, 11) is 0. The smallest absolute Gasteiger partial charge is 0.413 e. The summed E-state index contributed by atoms with van der Waals surface area (Å²) in [6.45, 7) is 0.990. The highest BCUT2D eigenvalue weighted by Crippen LogP contribution is 2.29. The van der Waals surface area contributed by atoms with Crippen LogP contribution in [0.15, 0.2) is 84.0 Å². The molecular weight excluding hydrogens is 450 g/mol. The standard InChI is InChI=1S/C13H13F3O2.C11H11F3O/c1-2-18-12(17)9-11(13(14,15)16)8-10-6-4-3-5-7-10;12-11(13,14)10(6-7-15)8-9-4-2-1-3-5-9/h3-7,9H,2,8H2,1H3;1-6,15H,7-8H2/b11-9+;10-6+. The van der Waals surface area contributed by atoms with Gasteiger partial charge in [-0.2, -0.15) is 26.3 Å². The average Bonchev–Trinajstić information content (AvgIpc) is 2.74. The molecule has 0 aromatic heterocycles. The van der Waals surface area contributed by atoms with Crippen molar-refractivity contribution in [2.24, 2.45) is 0 Å². The number of ether oxygens (including phenoxy) is 1.